The zero-order valence-electron chi connectivity index (χ0n) is 33.3. The van der Waals surface area contributed by atoms with Crippen molar-refractivity contribution >= 4 is 88.6 Å². The molecular weight excluding hydrogens is 835 g/mol. The van der Waals surface area contributed by atoms with Crippen LogP contribution in [-0.4, -0.2) is 38.2 Å². The van der Waals surface area contributed by atoms with E-state index in [0.29, 0.717) is 50.2 Å². The van der Waals surface area contributed by atoms with Gasteiger partial charge in [-0.3, -0.25) is 5.04 Å². The van der Waals surface area contributed by atoms with E-state index in [0.717, 1.165) is 30.2 Å². The Morgan fingerprint density at radius 3 is 2.00 bits per heavy atom. The number of nitrogens with one attached hydrogen (secondary N) is 1. The van der Waals surface area contributed by atoms with Gasteiger partial charge in [0.15, 0.2) is 5.75 Å². The van der Waals surface area contributed by atoms with Crippen LogP contribution in [0.2, 0.25) is 0 Å². The van der Waals surface area contributed by atoms with Gasteiger partial charge in [0.05, 0.1) is 51.7 Å². The van der Waals surface area contributed by atoms with Crippen molar-refractivity contribution in [1.29, 1.82) is 0 Å². The minimum absolute atomic E-state index is 0. The van der Waals surface area contributed by atoms with E-state index in [9.17, 15) is 36.3 Å². The average Bonchev–Trinajstić information content (AvgIpc) is 3.18. The number of phenolic OH excluding ortho intramolecular Hbond substituents is 1. The molecule has 0 aromatic heterocycles. The van der Waals surface area contributed by atoms with Crippen molar-refractivity contribution in [1.82, 2.24) is 0 Å². The molecule has 0 aliphatic heterocycles. The van der Waals surface area contributed by atoms with Crippen molar-refractivity contribution in [3.8, 4) is 11.5 Å². The number of fused-ring (bicyclic) bond motifs is 1. The van der Waals surface area contributed by atoms with Gasteiger partial charge in [-0.05, 0) is 109 Å². The fourth-order valence-electron chi connectivity index (χ4n) is 5.41. The van der Waals surface area contributed by atoms with Gasteiger partial charge in [0.2, 0.25) is 0 Å². The molecule has 24 heteroatoms. The van der Waals surface area contributed by atoms with Gasteiger partial charge in [-0.2, -0.15) is 24.8 Å². The molecule has 0 fully saturated rings. The molecule has 0 aliphatic rings. The van der Waals surface area contributed by atoms with Crippen LogP contribution in [0.3, 0.4) is 0 Å². The summed E-state index contributed by atoms with van der Waals surface area (Å²) in [6.07, 6.45) is 0. The second-order valence-electron chi connectivity index (χ2n) is 12.2. The number of ether oxygens (including phenoxy) is 1. The van der Waals surface area contributed by atoms with E-state index in [2.05, 4.69) is 45.4 Å². The van der Waals surface area contributed by atoms with Crippen LogP contribution in [0.1, 0.15) is 11.1 Å². The maximum atomic E-state index is 12.3. The van der Waals surface area contributed by atoms with Crippen LogP contribution in [0.15, 0.2) is 149 Å². The predicted molar refractivity (Wildman–Crippen MR) is 207 cm³/mol. The molecule has 6 aromatic carbocycles. The SMILES string of the molecule is COc1cc(N=Nc2cccc(SOO[O-])c2)c(C)cc1N=Nc1ccc(N=Nc2c(S(=O)(=O)[O-])cc3ccc(Nc4cccc(S(=O)(=O)[O-])c4)cc3c2O)cc1C.[Li+].[Li+].[Li+]. The number of anilines is 2. The Hall–Kier alpha value is -4.38. The quantitative estimate of drug-likeness (QED) is 0.0371. The van der Waals surface area contributed by atoms with Gasteiger partial charge in [-0.25, -0.2) is 16.8 Å². The molecule has 0 heterocycles. The number of hydrogen-bond acceptors (Lipinski definition) is 19. The van der Waals surface area contributed by atoms with E-state index in [1.807, 2.05) is 6.92 Å². The van der Waals surface area contributed by atoms with Gasteiger partial charge in [0.1, 0.15) is 37.4 Å². The minimum Gasteiger partial charge on any atom is -0.744 e. The third-order valence-electron chi connectivity index (χ3n) is 8.19. The third-order valence-corrected chi connectivity index (χ3v) is 10.4. The predicted octanol–water partition coefficient (Wildman–Crippen LogP) is 0.211. The summed E-state index contributed by atoms with van der Waals surface area (Å²) in [4.78, 5) is -0.684. The topological polar surface area (TPSA) is 272 Å². The number of hydrogen-bond donors (Lipinski definition) is 2. The van der Waals surface area contributed by atoms with E-state index in [4.69, 9.17) is 4.74 Å². The maximum Gasteiger partial charge on any atom is 1.00 e. The number of benzene rings is 6. The molecule has 0 amide bonds. The van der Waals surface area contributed by atoms with E-state index < -0.39 is 41.5 Å². The Labute approximate surface area is 390 Å². The minimum atomic E-state index is -5.14. The molecule has 0 aliphatic carbocycles. The van der Waals surface area contributed by atoms with E-state index in [1.165, 1.54) is 43.5 Å². The summed E-state index contributed by atoms with van der Waals surface area (Å²) < 4.78 is 81.1. The summed E-state index contributed by atoms with van der Waals surface area (Å²) >= 11 is 0.729. The molecule has 0 spiro atoms. The number of aromatic hydroxyl groups is 1. The van der Waals surface area contributed by atoms with Gasteiger partial charge in [-0.1, -0.05) is 18.2 Å². The van der Waals surface area contributed by atoms with Gasteiger partial charge >= 0.3 is 56.6 Å². The van der Waals surface area contributed by atoms with Gasteiger partial charge in [0.25, 0.3) is 0 Å². The second kappa shape index (κ2) is 22.1. The van der Waals surface area contributed by atoms with E-state index >= 15 is 0 Å². The Morgan fingerprint density at radius 1 is 0.656 bits per heavy atom. The largest absolute Gasteiger partial charge is 1.00 e. The molecule has 298 valence electrons. The number of methoxy groups -OCH3 is 1. The maximum absolute atomic E-state index is 12.3. The van der Waals surface area contributed by atoms with E-state index in [1.54, 1.807) is 55.5 Å². The molecule has 6 rings (SSSR count). The van der Waals surface area contributed by atoms with Crippen molar-refractivity contribution in [2.45, 2.75) is 28.5 Å². The summed E-state index contributed by atoms with van der Waals surface area (Å²) in [7, 11) is -8.39. The Balaban J connectivity index is 0.00000331. The summed E-state index contributed by atoms with van der Waals surface area (Å²) in [5.41, 5.74) is 3.37. The molecule has 0 atom stereocenters. The first-order chi connectivity index (χ1) is 27.6. The molecule has 0 saturated heterocycles. The molecule has 2 N–H and O–H groups in total. The van der Waals surface area contributed by atoms with Crippen LogP contribution in [-0.2, 0) is 29.6 Å². The van der Waals surface area contributed by atoms with Crippen molar-refractivity contribution in [3.05, 3.63) is 114 Å². The normalized spacial score (nSPS) is 11.7. The fraction of sp³-hybridized carbons (Fsp3) is 0.0811. The molecule has 61 heavy (non-hydrogen) atoms. The average molecular weight is 864 g/mol. The first-order valence-electron chi connectivity index (χ1n) is 16.5. The van der Waals surface area contributed by atoms with Crippen LogP contribution >= 0.6 is 12.0 Å². The van der Waals surface area contributed by atoms with Crippen LogP contribution < -0.4 is 71.9 Å². The van der Waals surface area contributed by atoms with Crippen molar-refractivity contribution in [3.63, 3.8) is 0 Å². The van der Waals surface area contributed by atoms with E-state index in [-0.39, 0.29) is 78.7 Å². The number of nitrogens with zero attached hydrogens (tertiary/aromatic N) is 6. The number of phenols is 1. The van der Waals surface area contributed by atoms with Gasteiger partial charge in [-0.15, -0.1) is 10.2 Å². The first kappa shape index (κ1) is 51.0. The Bertz CT molecular complexity index is 2870. The molecular formula is C37H28Li3N7O11S3. The van der Waals surface area contributed by atoms with Crippen LogP contribution in [0.25, 0.3) is 10.8 Å². The van der Waals surface area contributed by atoms with Crippen LogP contribution in [0.4, 0.5) is 45.5 Å². The zero-order valence-corrected chi connectivity index (χ0v) is 35.7. The van der Waals surface area contributed by atoms with Crippen molar-refractivity contribution in [2.24, 2.45) is 30.7 Å². The molecule has 0 radical (unpaired) electrons. The monoisotopic (exact) mass is 863 g/mol. The van der Waals surface area contributed by atoms with Crippen molar-refractivity contribution < 1.29 is 107 Å². The third kappa shape index (κ3) is 13.1. The molecule has 18 nitrogen and oxygen atoms in total. The van der Waals surface area contributed by atoms with Gasteiger partial charge in [0, 0.05) is 27.7 Å². The fourth-order valence-corrected chi connectivity index (χ4v) is 6.98. The van der Waals surface area contributed by atoms with Gasteiger partial charge < -0.3 is 29.5 Å². The number of azo groups is 3. The number of aryl methyl sites for hydroxylation is 2. The summed E-state index contributed by atoms with van der Waals surface area (Å²) in [6, 6.07) is 25.4. The second-order valence-corrected chi connectivity index (χ2v) is 15.7. The number of rotatable bonds is 14. The standard InChI is InChI=1S/C37H31N7O11S3.3Li/c1-21-14-27(12-13-31(21)41-43-33-15-22(2)32(20-34(33)53-3)42-39-26-7-4-8-28(17-26)56-55-54-46)40-44-36-35(58(50,51)52)16-23-10-11-25(19-30(23)37(36)45)38-24-6-5-9-29(18-24)57(47,48)49;;;/h4-20,38,45-46H,1-3H3,(H,47,48,49)(H,50,51,52);;;/q;3*+1/p-3. The molecule has 6 aromatic rings. The first-order valence-corrected chi connectivity index (χ1v) is 20.0. The van der Waals surface area contributed by atoms with Crippen molar-refractivity contribution in [2.75, 3.05) is 12.4 Å². The molecule has 0 unspecified atom stereocenters. The summed E-state index contributed by atoms with van der Waals surface area (Å²) in [5.74, 6) is -0.289. The molecule has 0 saturated carbocycles. The summed E-state index contributed by atoms with van der Waals surface area (Å²) in [5, 5.41) is 53.2. The molecule has 0 bridgehead atoms. The van der Waals surface area contributed by atoms with Crippen LogP contribution in [0.5, 0.6) is 11.5 Å². The van der Waals surface area contributed by atoms with Crippen LogP contribution in [0, 0.1) is 13.8 Å². The summed E-state index contributed by atoms with van der Waals surface area (Å²) in [6.45, 7) is 3.54. The zero-order chi connectivity index (χ0) is 41.6. The smallest absolute Gasteiger partial charge is 0.744 e. The Kier molecular flexibility index (Phi) is 18.5. The Morgan fingerprint density at radius 2 is 1.31 bits per heavy atom.